The second-order valence-electron chi connectivity index (χ2n) is 9.65. The summed E-state index contributed by atoms with van der Waals surface area (Å²) < 4.78 is 18.1. The quantitative estimate of drug-likeness (QED) is 0.150. The van der Waals surface area contributed by atoms with Gasteiger partial charge in [0.2, 0.25) is 11.6 Å². The second-order valence-corrected chi connectivity index (χ2v) is 16.1. The number of carbonyl (C=O) groups is 1. The van der Waals surface area contributed by atoms with Crippen LogP contribution in [0.2, 0.25) is 35.7 Å². The van der Waals surface area contributed by atoms with Crippen molar-refractivity contribution >= 4 is 48.0 Å². The maximum atomic E-state index is 12.3. The second kappa shape index (κ2) is 10.6. The minimum absolute atomic E-state index is 0.0768. The molecule has 9 nitrogen and oxygen atoms in total. The van der Waals surface area contributed by atoms with Crippen LogP contribution in [0.25, 0.3) is 10.9 Å². The Labute approximate surface area is 218 Å². The summed E-state index contributed by atoms with van der Waals surface area (Å²) in [5, 5.41) is 9.40. The van der Waals surface area contributed by atoms with Crippen LogP contribution < -0.4 is 10.5 Å². The predicted octanol–water partition coefficient (Wildman–Crippen LogP) is 5.86. The average Bonchev–Trinajstić information content (AvgIpc) is 3.36. The number of aromatic nitrogens is 4. The van der Waals surface area contributed by atoms with Crippen molar-refractivity contribution in [3.8, 4) is 11.5 Å². The van der Waals surface area contributed by atoms with Crippen LogP contribution in [-0.4, -0.2) is 40.4 Å². The zero-order valence-corrected chi connectivity index (χ0v) is 22.9. The molecule has 0 spiro atoms. The van der Waals surface area contributed by atoms with Gasteiger partial charge in [-0.05, 0) is 48.9 Å². The van der Waals surface area contributed by atoms with Crippen molar-refractivity contribution in [2.45, 2.75) is 45.8 Å². The molecule has 0 atom stereocenters. The zero-order valence-electron chi connectivity index (χ0n) is 20.4. The van der Waals surface area contributed by atoms with Crippen LogP contribution in [0.1, 0.15) is 21.9 Å². The molecule has 0 radical (unpaired) electrons. The summed E-state index contributed by atoms with van der Waals surface area (Å²) in [6.07, 6.45) is -0.0768. The molecule has 2 aromatic heterocycles. The molecule has 2 aromatic carbocycles. The largest absolute Gasteiger partial charge is 0.454 e. The zero-order chi connectivity index (χ0) is 26.0. The summed E-state index contributed by atoms with van der Waals surface area (Å²) in [6.45, 7) is 9.98. The minimum Gasteiger partial charge on any atom is -0.454 e. The Hall–Kier alpha value is -2.92. The number of rotatable bonds is 10. The Morgan fingerprint density at radius 3 is 2.53 bits per heavy atom. The third-order valence-electron chi connectivity index (χ3n) is 5.46. The van der Waals surface area contributed by atoms with Gasteiger partial charge in [0, 0.05) is 26.5 Å². The van der Waals surface area contributed by atoms with Crippen molar-refractivity contribution in [1.82, 2.24) is 19.9 Å². The van der Waals surface area contributed by atoms with Gasteiger partial charge in [0.05, 0.1) is 21.3 Å². The highest BCUT2D eigenvalue weighted by molar-refractivity contribution is 6.76. The van der Waals surface area contributed by atoms with E-state index in [1.807, 2.05) is 29.8 Å². The molecular weight excluding hydrogens is 523 g/mol. The van der Waals surface area contributed by atoms with Gasteiger partial charge in [0.1, 0.15) is 12.5 Å². The first-order valence-corrected chi connectivity index (χ1v) is 15.8. The van der Waals surface area contributed by atoms with E-state index in [-0.39, 0.29) is 28.0 Å². The predicted molar refractivity (Wildman–Crippen MR) is 140 cm³/mol. The standard InChI is InChI=1S/C24H26Cl2N4O5Si/c1-14-17-12-16(5-6-20(17)30(28-14)13-33-7-8-36(2,3)4)34-22-18(25)9-15(10-19(22)26)11-21(31)23-27-24(32)35-29-23/h5-6,9-10,12H,7-8,11,13H2,1-4H3,(H,27,29,32). The lowest BCUT2D eigenvalue weighted by Crippen LogP contribution is -2.22. The van der Waals surface area contributed by atoms with Gasteiger partial charge in [-0.3, -0.25) is 14.3 Å². The maximum absolute atomic E-state index is 12.3. The third kappa shape index (κ3) is 6.25. The van der Waals surface area contributed by atoms with Gasteiger partial charge < -0.3 is 9.47 Å². The average molecular weight is 549 g/mol. The van der Waals surface area contributed by atoms with Crippen LogP contribution in [0.15, 0.2) is 39.6 Å². The van der Waals surface area contributed by atoms with Crippen molar-refractivity contribution in [3.63, 3.8) is 0 Å². The number of ether oxygens (including phenoxy) is 2. The molecule has 2 heterocycles. The Morgan fingerprint density at radius 2 is 1.89 bits per heavy atom. The number of aromatic amines is 1. The van der Waals surface area contributed by atoms with Crippen LogP contribution in [0.3, 0.4) is 0 Å². The number of fused-ring (bicyclic) bond motifs is 1. The monoisotopic (exact) mass is 548 g/mol. The molecule has 36 heavy (non-hydrogen) atoms. The molecular formula is C24H26Cl2N4O5Si. The number of H-pyrrole nitrogens is 1. The molecule has 1 N–H and O–H groups in total. The van der Waals surface area contributed by atoms with Crippen LogP contribution in [0, 0.1) is 6.92 Å². The van der Waals surface area contributed by atoms with E-state index in [0.717, 1.165) is 22.6 Å². The first kappa shape index (κ1) is 26.1. The fourth-order valence-corrected chi connectivity index (χ4v) is 4.93. The van der Waals surface area contributed by atoms with E-state index in [2.05, 4.69) is 39.4 Å². The molecule has 0 fully saturated rings. The maximum Gasteiger partial charge on any atom is 0.439 e. The summed E-state index contributed by atoms with van der Waals surface area (Å²) in [6, 6.07) is 9.86. The number of carbonyl (C=O) groups excluding carboxylic acids is 1. The Morgan fingerprint density at radius 1 is 1.17 bits per heavy atom. The molecule has 4 aromatic rings. The van der Waals surface area contributed by atoms with Gasteiger partial charge in [-0.15, -0.1) is 0 Å². The van der Waals surface area contributed by atoms with E-state index in [0.29, 0.717) is 24.7 Å². The summed E-state index contributed by atoms with van der Waals surface area (Å²) >= 11 is 12.9. The van der Waals surface area contributed by atoms with E-state index >= 15 is 0 Å². The molecule has 0 saturated carbocycles. The van der Waals surface area contributed by atoms with E-state index < -0.39 is 19.6 Å². The van der Waals surface area contributed by atoms with Crippen LogP contribution in [0.4, 0.5) is 0 Å². The number of nitrogens with zero attached hydrogens (tertiary/aromatic N) is 3. The highest BCUT2D eigenvalue weighted by Crippen LogP contribution is 2.38. The fraction of sp³-hybridized carbons (Fsp3) is 0.333. The Balaban J connectivity index is 1.48. The normalized spacial score (nSPS) is 11.8. The molecule has 4 rings (SSSR count). The Kier molecular flexibility index (Phi) is 7.69. The lowest BCUT2D eigenvalue weighted by atomic mass is 10.1. The first-order chi connectivity index (χ1) is 17.0. The van der Waals surface area contributed by atoms with Gasteiger partial charge in [-0.25, -0.2) is 9.48 Å². The summed E-state index contributed by atoms with van der Waals surface area (Å²) in [7, 11) is -1.15. The SMILES string of the molecule is Cc1nn(COCC[Si](C)(C)C)c2ccc(Oc3c(Cl)cc(CC(=O)c4noc(=O)[nH]4)cc3Cl)cc12. The number of nitrogens with one attached hydrogen (secondary N) is 1. The number of aryl methyl sites for hydroxylation is 1. The minimum atomic E-state index is -1.15. The number of benzene rings is 2. The number of Topliss-reactive ketones (excluding diaryl/α,β-unsaturated/α-hetero) is 1. The van der Waals surface area contributed by atoms with Crippen LogP contribution in [0.5, 0.6) is 11.5 Å². The van der Waals surface area contributed by atoms with Gasteiger partial charge in [-0.2, -0.15) is 5.10 Å². The number of hydrogen-bond donors (Lipinski definition) is 1. The first-order valence-electron chi connectivity index (χ1n) is 11.3. The molecule has 190 valence electrons. The summed E-state index contributed by atoms with van der Waals surface area (Å²) in [4.78, 5) is 25.6. The Bertz CT molecular complexity index is 1450. The van der Waals surface area contributed by atoms with E-state index in [9.17, 15) is 9.59 Å². The van der Waals surface area contributed by atoms with E-state index in [1.165, 1.54) is 0 Å². The molecule has 0 amide bonds. The van der Waals surface area contributed by atoms with Crippen molar-refractivity contribution < 1.29 is 18.8 Å². The molecule has 12 heteroatoms. The van der Waals surface area contributed by atoms with Gasteiger partial charge in [-0.1, -0.05) is 48.0 Å². The molecule has 0 aliphatic heterocycles. The molecule has 0 aliphatic carbocycles. The van der Waals surface area contributed by atoms with Crippen molar-refractivity contribution in [1.29, 1.82) is 0 Å². The molecule has 0 bridgehead atoms. The molecule has 0 unspecified atom stereocenters. The topological polar surface area (TPSA) is 112 Å². The third-order valence-corrected chi connectivity index (χ3v) is 7.73. The van der Waals surface area contributed by atoms with E-state index in [4.69, 9.17) is 32.7 Å². The molecule has 0 aliphatic rings. The lowest BCUT2D eigenvalue weighted by molar-refractivity contribution is 0.0815. The number of ketones is 1. The fourth-order valence-electron chi connectivity index (χ4n) is 3.56. The van der Waals surface area contributed by atoms with Gasteiger partial charge in [0.15, 0.2) is 5.75 Å². The van der Waals surface area contributed by atoms with Crippen molar-refractivity contribution in [2.75, 3.05) is 6.61 Å². The highest BCUT2D eigenvalue weighted by atomic mass is 35.5. The summed E-state index contributed by atoms with van der Waals surface area (Å²) in [5.41, 5.74) is 2.32. The smallest absolute Gasteiger partial charge is 0.439 e. The van der Waals surface area contributed by atoms with Crippen LogP contribution >= 0.6 is 23.2 Å². The van der Waals surface area contributed by atoms with Crippen molar-refractivity contribution in [3.05, 3.63) is 68.0 Å². The van der Waals surface area contributed by atoms with Gasteiger partial charge in [0.25, 0.3) is 0 Å². The number of halogens is 2. The van der Waals surface area contributed by atoms with Gasteiger partial charge >= 0.3 is 5.76 Å². The molecule has 0 saturated heterocycles. The highest BCUT2D eigenvalue weighted by Gasteiger charge is 2.18. The lowest BCUT2D eigenvalue weighted by Gasteiger charge is -2.15. The number of hydrogen-bond acceptors (Lipinski definition) is 7. The van der Waals surface area contributed by atoms with Crippen LogP contribution in [-0.2, 0) is 17.9 Å². The summed E-state index contributed by atoms with van der Waals surface area (Å²) in [5.74, 6) is -0.603. The van der Waals surface area contributed by atoms with Crippen molar-refractivity contribution in [2.24, 2.45) is 0 Å². The van der Waals surface area contributed by atoms with E-state index in [1.54, 1.807) is 12.1 Å².